The van der Waals surface area contributed by atoms with E-state index in [1.165, 1.54) is 0 Å². The molecule has 9 heteroatoms. The van der Waals surface area contributed by atoms with Gasteiger partial charge in [-0.2, -0.15) is 10.4 Å². The Labute approximate surface area is 165 Å². The Morgan fingerprint density at radius 1 is 1.26 bits per heavy atom. The molecular weight excluding hydrogens is 416 g/mol. The molecule has 0 spiro atoms. The Hall–Kier alpha value is -2.36. The quantitative estimate of drug-likeness (QED) is 0.392. The average Bonchev–Trinajstić information content (AvgIpc) is 3.12. The molecule has 2 aromatic rings. The predicted molar refractivity (Wildman–Crippen MR) is 102 cm³/mol. The number of amides is 3. The number of hydrogen-bond donors (Lipinski definition) is 4. The summed E-state index contributed by atoms with van der Waals surface area (Å²) in [6, 6.07) is 10.2. The zero-order valence-electron chi connectivity index (χ0n) is 15.0. The van der Waals surface area contributed by atoms with Gasteiger partial charge in [-0.25, -0.2) is 4.79 Å². The SMILES string of the molecule is Cc1ccc(CCC2(C)NC(=O)N(NC(O)Nc3ccc(Br)cc3)C2=O)o1. The van der Waals surface area contributed by atoms with Gasteiger partial charge in [0.05, 0.1) is 0 Å². The average molecular weight is 437 g/mol. The van der Waals surface area contributed by atoms with E-state index in [-0.39, 0.29) is 0 Å². The Kier molecular flexibility index (Phi) is 5.54. The molecule has 0 bridgehead atoms. The third-order valence-corrected chi connectivity index (χ3v) is 4.86. The number of hydrogen-bond acceptors (Lipinski definition) is 6. The van der Waals surface area contributed by atoms with Crippen LogP contribution in [0.25, 0.3) is 0 Å². The molecular formula is C18H21BrN4O4. The van der Waals surface area contributed by atoms with Crippen molar-refractivity contribution >= 4 is 33.6 Å². The van der Waals surface area contributed by atoms with Crippen LogP contribution in [0.15, 0.2) is 45.3 Å². The van der Waals surface area contributed by atoms with Crippen LogP contribution in [0, 0.1) is 6.92 Å². The van der Waals surface area contributed by atoms with Crippen molar-refractivity contribution in [3.8, 4) is 0 Å². The van der Waals surface area contributed by atoms with Crippen LogP contribution >= 0.6 is 15.9 Å². The van der Waals surface area contributed by atoms with Crippen molar-refractivity contribution in [1.29, 1.82) is 0 Å². The van der Waals surface area contributed by atoms with E-state index in [0.717, 1.165) is 21.0 Å². The number of furan rings is 1. The first-order valence-corrected chi connectivity index (χ1v) is 9.24. The lowest BCUT2D eigenvalue weighted by Crippen LogP contribution is -2.52. The van der Waals surface area contributed by atoms with Gasteiger partial charge in [0.15, 0.2) is 6.35 Å². The van der Waals surface area contributed by atoms with Gasteiger partial charge in [-0.3, -0.25) is 4.79 Å². The molecule has 1 saturated heterocycles. The molecule has 1 aliphatic rings. The van der Waals surface area contributed by atoms with E-state index in [4.69, 9.17) is 4.42 Å². The number of carbonyl (C=O) groups excluding carboxylic acids is 2. The number of nitrogens with one attached hydrogen (secondary N) is 3. The smallest absolute Gasteiger partial charge is 0.339 e. The summed E-state index contributed by atoms with van der Waals surface area (Å²) in [4.78, 5) is 24.9. The van der Waals surface area contributed by atoms with Crippen molar-refractivity contribution in [2.75, 3.05) is 5.32 Å². The summed E-state index contributed by atoms with van der Waals surface area (Å²) in [7, 11) is 0. The van der Waals surface area contributed by atoms with E-state index in [2.05, 4.69) is 32.0 Å². The van der Waals surface area contributed by atoms with Gasteiger partial charge in [0.25, 0.3) is 5.91 Å². The second-order valence-electron chi connectivity index (χ2n) is 6.60. The second-order valence-corrected chi connectivity index (χ2v) is 7.51. The Morgan fingerprint density at radius 2 is 1.96 bits per heavy atom. The molecule has 0 radical (unpaired) electrons. The van der Waals surface area contributed by atoms with Crippen molar-refractivity contribution in [3.05, 3.63) is 52.4 Å². The molecule has 3 rings (SSSR count). The molecule has 0 aliphatic carbocycles. The van der Waals surface area contributed by atoms with Crippen LogP contribution in [-0.4, -0.2) is 33.9 Å². The molecule has 1 aliphatic heterocycles. The minimum absolute atomic E-state index is 0.374. The molecule has 0 saturated carbocycles. The second kappa shape index (κ2) is 7.71. The van der Waals surface area contributed by atoms with Crippen molar-refractivity contribution in [1.82, 2.24) is 15.8 Å². The summed E-state index contributed by atoms with van der Waals surface area (Å²) in [5.41, 5.74) is 2.02. The number of aliphatic hydroxyl groups is 1. The molecule has 2 heterocycles. The largest absolute Gasteiger partial charge is 0.466 e. The van der Waals surface area contributed by atoms with E-state index in [9.17, 15) is 14.7 Å². The van der Waals surface area contributed by atoms with Crippen LogP contribution in [0.5, 0.6) is 0 Å². The number of urea groups is 1. The van der Waals surface area contributed by atoms with Gasteiger partial charge in [-0.15, -0.1) is 0 Å². The van der Waals surface area contributed by atoms with Crippen LogP contribution < -0.4 is 16.1 Å². The summed E-state index contributed by atoms with van der Waals surface area (Å²) in [5.74, 6) is 1.08. The fourth-order valence-electron chi connectivity index (χ4n) is 2.82. The van der Waals surface area contributed by atoms with Crippen LogP contribution in [0.2, 0.25) is 0 Å². The maximum Gasteiger partial charge on any atom is 0.339 e. The molecule has 8 nitrogen and oxygen atoms in total. The minimum Gasteiger partial charge on any atom is -0.466 e. The number of halogens is 1. The standard InChI is InChI=1S/C18H21BrN4O4/c1-11-3-8-14(27-11)9-10-18(2)15(24)23(17(26)21-18)22-16(25)20-13-6-4-12(19)5-7-13/h3-8,16,20,22,25H,9-10H2,1-2H3,(H,21,26). The lowest BCUT2D eigenvalue weighted by molar-refractivity contribution is -0.135. The van der Waals surface area contributed by atoms with Gasteiger partial charge in [-0.1, -0.05) is 15.9 Å². The molecule has 3 amide bonds. The maximum absolute atomic E-state index is 12.7. The van der Waals surface area contributed by atoms with Crippen LogP contribution in [0.3, 0.4) is 0 Å². The first kappa shape index (κ1) is 19.4. The van der Waals surface area contributed by atoms with Gasteiger partial charge in [0, 0.05) is 16.6 Å². The number of aryl methyl sites for hydroxylation is 2. The van der Waals surface area contributed by atoms with E-state index in [1.807, 2.05) is 19.1 Å². The third-order valence-electron chi connectivity index (χ3n) is 4.33. The van der Waals surface area contributed by atoms with E-state index in [0.29, 0.717) is 18.5 Å². The number of nitrogens with zero attached hydrogens (tertiary/aromatic N) is 1. The van der Waals surface area contributed by atoms with E-state index < -0.39 is 23.8 Å². The van der Waals surface area contributed by atoms with Crippen molar-refractivity contribution < 1.29 is 19.1 Å². The highest BCUT2D eigenvalue weighted by Crippen LogP contribution is 2.23. The normalized spacial score (nSPS) is 20.7. The highest BCUT2D eigenvalue weighted by molar-refractivity contribution is 9.10. The predicted octanol–water partition coefficient (Wildman–Crippen LogP) is 2.49. The topological polar surface area (TPSA) is 107 Å². The summed E-state index contributed by atoms with van der Waals surface area (Å²) in [5, 5.41) is 16.4. The van der Waals surface area contributed by atoms with Gasteiger partial charge in [0.1, 0.15) is 17.1 Å². The summed E-state index contributed by atoms with van der Waals surface area (Å²) < 4.78 is 6.41. The fraction of sp³-hybridized carbons (Fsp3) is 0.333. The van der Waals surface area contributed by atoms with Gasteiger partial charge >= 0.3 is 6.03 Å². The summed E-state index contributed by atoms with van der Waals surface area (Å²) >= 11 is 3.33. The number of rotatable bonds is 7. The Balaban J connectivity index is 1.60. The van der Waals surface area contributed by atoms with Gasteiger partial charge < -0.3 is 20.2 Å². The first-order valence-electron chi connectivity index (χ1n) is 8.45. The molecule has 1 fully saturated rings. The lowest BCUT2D eigenvalue weighted by atomic mass is 9.95. The summed E-state index contributed by atoms with van der Waals surface area (Å²) in [6.07, 6.45) is -0.445. The molecule has 1 aromatic carbocycles. The van der Waals surface area contributed by atoms with Crippen molar-refractivity contribution in [2.45, 2.75) is 38.6 Å². The molecule has 144 valence electrons. The number of benzene rings is 1. The third kappa shape index (κ3) is 4.49. The molecule has 2 unspecified atom stereocenters. The van der Waals surface area contributed by atoms with E-state index in [1.54, 1.807) is 31.2 Å². The molecule has 27 heavy (non-hydrogen) atoms. The van der Waals surface area contributed by atoms with E-state index >= 15 is 0 Å². The zero-order valence-corrected chi connectivity index (χ0v) is 16.5. The zero-order chi connectivity index (χ0) is 19.6. The maximum atomic E-state index is 12.7. The van der Waals surface area contributed by atoms with Crippen molar-refractivity contribution in [2.24, 2.45) is 0 Å². The Bertz CT molecular complexity index is 838. The van der Waals surface area contributed by atoms with Gasteiger partial charge in [-0.05, 0) is 56.7 Å². The monoisotopic (exact) mass is 436 g/mol. The lowest BCUT2D eigenvalue weighted by Gasteiger charge is -2.23. The van der Waals surface area contributed by atoms with Crippen LogP contribution in [0.4, 0.5) is 10.5 Å². The van der Waals surface area contributed by atoms with Crippen LogP contribution in [0.1, 0.15) is 24.9 Å². The number of aliphatic hydroxyl groups excluding tert-OH is 1. The Morgan fingerprint density at radius 3 is 2.59 bits per heavy atom. The number of anilines is 1. The number of hydrazine groups is 1. The number of imide groups is 1. The highest BCUT2D eigenvalue weighted by Gasteiger charge is 2.48. The minimum atomic E-state index is -1.32. The molecule has 1 aromatic heterocycles. The fourth-order valence-corrected chi connectivity index (χ4v) is 3.09. The first-order chi connectivity index (χ1) is 12.8. The van der Waals surface area contributed by atoms with Gasteiger partial charge in [0.2, 0.25) is 0 Å². The number of carbonyl (C=O) groups is 2. The molecule has 2 atom stereocenters. The van der Waals surface area contributed by atoms with Crippen molar-refractivity contribution in [3.63, 3.8) is 0 Å². The molecule has 4 N–H and O–H groups in total. The van der Waals surface area contributed by atoms with Crippen LogP contribution in [-0.2, 0) is 11.2 Å². The summed E-state index contributed by atoms with van der Waals surface area (Å²) in [6.45, 7) is 3.50. The highest BCUT2D eigenvalue weighted by atomic mass is 79.9.